The summed E-state index contributed by atoms with van der Waals surface area (Å²) >= 11 is 0. The van der Waals surface area contributed by atoms with Crippen molar-refractivity contribution < 1.29 is 14.6 Å². The van der Waals surface area contributed by atoms with Crippen molar-refractivity contribution in [1.82, 2.24) is 9.78 Å². The molecular weight excluding hydrogens is 280 g/mol. The molecule has 5 nitrogen and oxygen atoms in total. The number of carbonyl (C=O) groups is 1. The predicted octanol–water partition coefficient (Wildman–Crippen LogP) is 3.35. The van der Waals surface area contributed by atoms with Gasteiger partial charge in [0, 0.05) is 5.39 Å². The molecule has 22 heavy (non-hydrogen) atoms. The molecule has 0 amide bonds. The van der Waals surface area contributed by atoms with Gasteiger partial charge >= 0.3 is 5.97 Å². The van der Waals surface area contributed by atoms with Crippen LogP contribution in [0.2, 0.25) is 0 Å². The first-order chi connectivity index (χ1) is 10.6. The molecule has 0 saturated carbocycles. The zero-order valence-corrected chi connectivity index (χ0v) is 12.4. The number of carboxylic acids is 1. The van der Waals surface area contributed by atoms with Gasteiger partial charge in [0.05, 0.1) is 30.4 Å². The largest absolute Gasteiger partial charge is 0.497 e. The van der Waals surface area contributed by atoms with E-state index in [0.29, 0.717) is 0 Å². The monoisotopic (exact) mass is 296 g/mol. The van der Waals surface area contributed by atoms with E-state index in [1.165, 1.54) is 0 Å². The van der Waals surface area contributed by atoms with Gasteiger partial charge in [0.15, 0.2) is 0 Å². The number of carboxylic acid groups (broad SMARTS) is 1. The maximum Gasteiger partial charge on any atom is 0.335 e. The van der Waals surface area contributed by atoms with E-state index >= 15 is 0 Å². The van der Waals surface area contributed by atoms with E-state index in [4.69, 9.17) is 9.84 Å². The second kappa shape index (κ2) is 5.52. The lowest BCUT2D eigenvalue weighted by atomic mass is 10.1. The van der Waals surface area contributed by atoms with Crippen LogP contribution in [0.5, 0.6) is 5.75 Å². The van der Waals surface area contributed by atoms with E-state index in [1.807, 2.05) is 28.9 Å². The van der Waals surface area contributed by atoms with Gasteiger partial charge in [0.2, 0.25) is 0 Å². The molecule has 0 radical (unpaired) electrons. The van der Waals surface area contributed by atoms with Gasteiger partial charge < -0.3 is 9.84 Å². The van der Waals surface area contributed by atoms with Gasteiger partial charge in [-0.1, -0.05) is 12.1 Å². The smallest absolute Gasteiger partial charge is 0.335 e. The Balaban J connectivity index is 1.99. The van der Waals surface area contributed by atoms with Crippen molar-refractivity contribution in [3.8, 4) is 5.75 Å². The number of methoxy groups -OCH3 is 1. The summed E-state index contributed by atoms with van der Waals surface area (Å²) in [5.41, 5.74) is 2.28. The maximum atomic E-state index is 11.0. The van der Waals surface area contributed by atoms with Gasteiger partial charge in [0.1, 0.15) is 5.75 Å². The van der Waals surface area contributed by atoms with Crippen molar-refractivity contribution in [3.63, 3.8) is 0 Å². The van der Waals surface area contributed by atoms with E-state index < -0.39 is 5.97 Å². The Hall–Kier alpha value is -2.82. The van der Waals surface area contributed by atoms with Crippen molar-refractivity contribution >= 4 is 16.9 Å². The van der Waals surface area contributed by atoms with Crippen LogP contribution in [0.1, 0.15) is 28.9 Å². The van der Waals surface area contributed by atoms with Crippen LogP contribution in [0.4, 0.5) is 0 Å². The first-order valence-electron chi connectivity index (χ1n) is 6.94. The summed E-state index contributed by atoms with van der Waals surface area (Å²) in [7, 11) is 1.64. The molecule has 0 fully saturated rings. The van der Waals surface area contributed by atoms with E-state index in [2.05, 4.69) is 12.0 Å². The molecular formula is C17H16N2O3. The van der Waals surface area contributed by atoms with Gasteiger partial charge in [-0.05, 0) is 42.8 Å². The number of ether oxygens (including phenoxy) is 1. The normalized spacial score (nSPS) is 12.3. The van der Waals surface area contributed by atoms with Crippen LogP contribution in [0.15, 0.2) is 48.7 Å². The molecule has 112 valence electrons. The molecule has 0 aliphatic rings. The molecule has 2 aromatic carbocycles. The first-order valence-corrected chi connectivity index (χ1v) is 6.94. The number of benzene rings is 2. The number of hydrogen-bond donors (Lipinski definition) is 1. The van der Waals surface area contributed by atoms with Crippen LogP contribution in [-0.2, 0) is 0 Å². The third kappa shape index (κ3) is 2.41. The SMILES string of the molecule is COc1ccc(C(C)n2ncc3cc(C(=O)O)ccc32)cc1. The highest BCUT2D eigenvalue weighted by Crippen LogP contribution is 2.25. The summed E-state index contributed by atoms with van der Waals surface area (Å²) in [6.45, 7) is 2.05. The quantitative estimate of drug-likeness (QED) is 0.802. The molecule has 1 atom stereocenters. The molecule has 3 aromatic rings. The Bertz CT molecular complexity index is 822. The van der Waals surface area contributed by atoms with E-state index in [0.717, 1.165) is 22.2 Å². The summed E-state index contributed by atoms with van der Waals surface area (Å²) in [5.74, 6) is -0.120. The lowest BCUT2D eigenvalue weighted by molar-refractivity contribution is 0.0697. The van der Waals surface area contributed by atoms with Crippen molar-refractivity contribution in [2.24, 2.45) is 0 Å². The summed E-state index contributed by atoms with van der Waals surface area (Å²) in [6, 6.07) is 12.9. The molecule has 0 aliphatic heterocycles. The van der Waals surface area contributed by atoms with Crippen LogP contribution < -0.4 is 4.74 Å². The molecule has 0 spiro atoms. The molecule has 0 saturated heterocycles. The fourth-order valence-corrected chi connectivity index (χ4v) is 2.52. The molecule has 3 rings (SSSR count). The lowest BCUT2D eigenvalue weighted by Crippen LogP contribution is -2.08. The molecule has 5 heteroatoms. The molecule has 1 heterocycles. The molecule has 0 bridgehead atoms. The Morgan fingerprint density at radius 3 is 2.59 bits per heavy atom. The summed E-state index contributed by atoms with van der Waals surface area (Å²) in [6.07, 6.45) is 1.70. The number of nitrogens with zero attached hydrogens (tertiary/aromatic N) is 2. The van der Waals surface area contributed by atoms with Crippen molar-refractivity contribution in [2.75, 3.05) is 7.11 Å². The summed E-state index contributed by atoms with van der Waals surface area (Å²) < 4.78 is 7.06. The number of rotatable bonds is 4. The van der Waals surface area contributed by atoms with E-state index in [9.17, 15) is 4.79 Å². The number of hydrogen-bond acceptors (Lipinski definition) is 3. The Morgan fingerprint density at radius 2 is 1.95 bits per heavy atom. The molecule has 1 N–H and O–H groups in total. The standard InChI is InChI=1S/C17H16N2O3/c1-11(12-3-6-15(22-2)7-4-12)19-16-8-5-13(17(20)21)9-14(16)10-18-19/h3-11H,1-2H3,(H,20,21). The Kier molecular flexibility index (Phi) is 3.55. The van der Waals surface area contributed by atoms with E-state index in [-0.39, 0.29) is 11.6 Å². The topological polar surface area (TPSA) is 64.4 Å². The lowest BCUT2D eigenvalue weighted by Gasteiger charge is -2.14. The Labute approximate surface area is 127 Å². The minimum absolute atomic E-state index is 0.0408. The van der Waals surface area contributed by atoms with Gasteiger partial charge in [-0.2, -0.15) is 5.10 Å². The fraction of sp³-hybridized carbons (Fsp3) is 0.176. The van der Waals surface area contributed by atoms with Crippen molar-refractivity contribution in [1.29, 1.82) is 0 Å². The average Bonchev–Trinajstić information content (AvgIpc) is 2.97. The van der Waals surface area contributed by atoms with Gasteiger partial charge in [-0.25, -0.2) is 4.79 Å². The third-order valence-electron chi connectivity index (χ3n) is 3.81. The average molecular weight is 296 g/mol. The summed E-state index contributed by atoms with van der Waals surface area (Å²) in [4.78, 5) is 11.0. The zero-order valence-electron chi connectivity index (χ0n) is 12.4. The highest BCUT2D eigenvalue weighted by atomic mass is 16.5. The van der Waals surface area contributed by atoms with Crippen LogP contribution in [-0.4, -0.2) is 28.0 Å². The number of aromatic carboxylic acids is 1. The minimum Gasteiger partial charge on any atom is -0.497 e. The third-order valence-corrected chi connectivity index (χ3v) is 3.81. The molecule has 0 aliphatic carbocycles. The first kappa shape index (κ1) is 14.1. The second-order valence-electron chi connectivity index (χ2n) is 5.12. The Morgan fingerprint density at radius 1 is 1.23 bits per heavy atom. The van der Waals surface area contributed by atoms with E-state index in [1.54, 1.807) is 31.5 Å². The van der Waals surface area contributed by atoms with Crippen LogP contribution >= 0.6 is 0 Å². The highest BCUT2D eigenvalue weighted by molar-refractivity contribution is 5.93. The number of fused-ring (bicyclic) bond motifs is 1. The van der Waals surface area contributed by atoms with Gasteiger partial charge in [-0.15, -0.1) is 0 Å². The second-order valence-corrected chi connectivity index (χ2v) is 5.12. The van der Waals surface area contributed by atoms with Gasteiger partial charge in [-0.3, -0.25) is 4.68 Å². The van der Waals surface area contributed by atoms with Crippen molar-refractivity contribution in [3.05, 3.63) is 59.8 Å². The number of aromatic nitrogens is 2. The van der Waals surface area contributed by atoms with Crippen LogP contribution in [0, 0.1) is 0 Å². The maximum absolute atomic E-state index is 11.0. The molecule has 1 unspecified atom stereocenters. The van der Waals surface area contributed by atoms with Crippen LogP contribution in [0.25, 0.3) is 10.9 Å². The predicted molar refractivity (Wildman–Crippen MR) is 83.5 cm³/mol. The van der Waals surface area contributed by atoms with Gasteiger partial charge in [0.25, 0.3) is 0 Å². The fourth-order valence-electron chi connectivity index (χ4n) is 2.52. The summed E-state index contributed by atoms with van der Waals surface area (Å²) in [5, 5.41) is 14.3. The molecule has 1 aromatic heterocycles. The van der Waals surface area contributed by atoms with Crippen LogP contribution in [0.3, 0.4) is 0 Å². The van der Waals surface area contributed by atoms with Crippen molar-refractivity contribution in [2.45, 2.75) is 13.0 Å². The zero-order chi connectivity index (χ0) is 15.7. The minimum atomic E-state index is -0.933. The highest BCUT2D eigenvalue weighted by Gasteiger charge is 2.13.